The Hall–Kier alpha value is -3.02. The number of piperazine rings is 1. The van der Waals surface area contributed by atoms with E-state index in [0.717, 1.165) is 43.3 Å². The number of rotatable bonds is 4. The van der Waals surface area contributed by atoms with E-state index in [4.69, 9.17) is 10.8 Å². The first kappa shape index (κ1) is 16.8. The number of amidine groups is 1. The van der Waals surface area contributed by atoms with Gasteiger partial charge in [-0.3, -0.25) is 5.41 Å². The highest BCUT2D eigenvalue weighted by atomic mass is 15.3. The number of benzene rings is 1. The molecule has 1 saturated heterocycles. The third-order valence-electron chi connectivity index (χ3n) is 4.25. The Bertz CT molecular complexity index is 761. The van der Waals surface area contributed by atoms with Gasteiger partial charge in [-0.2, -0.15) is 0 Å². The maximum Gasteiger partial charge on any atom is 0.225 e. The molecule has 0 spiro atoms. The van der Waals surface area contributed by atoms with E-state index in [1.54, 1.807) is 18.5 Å². The Morgan fingerprint density at radius 1 is 0.960 bits per heavy atom. The van der Waals surface area contributed by atoms with Gasteiger partial charge in [0.1, 0.15) is 5.84 Å². The van der Waals surface area contributed by atoms with Crippen molar-refractivity contribution < 1.29 is 0 Å². The lowest BCUT2D eigenvalue weighted by molar-refractivity contribution is 0.381. The highest BCUT2D eigenvalue weighted by Gasteiger charge is 2.21. The maximum atomic E-state index is 8.43. The molecular weight excluding hydrogens is 312 g/mol. The average molecular weight is 334 g/mol. The SMILES string of the molecule is C/C(=C/C(=N)c1ccccc1)C(=N)N1CCN(c2ncccn2)CC1. The largest absolute Gasteiger partial charge is 0.353 e. The lowest BCUT2D eigenvalue weighted by Crippen LogP contribution is -2.49. The van der Waals surface area contributed by atoms with Crippen molar-refractivity contribution in [2.75, 3.05) is 31.1 Å². The van der Waals surface area contributed by atoms with E-state index >= 15 is 0 Å². The molecule has 6 heteroatoms. The monoisotopic (exact) mass is 334 g/mol. The summed E-state index contributed by atoms with van der Waals surface area (Å²) in [6.07, 6.45) is 5.27. The van der Waals surface area contributed by atoms with Crippen molar-refractivity contribution in [3.05, 3.63) is 66.0 Å². The second kappa shape index (κ2) is 7.70. The lowest BCUT2D eigenvalue weighted by atomic mass is 10.1. The molecule has 0 saturated carbocycles. The van der Waals surface area contributed by atoms with Crippen LogP contribution in [0.1, 0.15) is 12.5 Å². The van der Waals surface area contributed by atoms with Crippen molar-refractivity contribution in [2.45, 2.75) is 6.92 Å². The minimum atomic E-state index is 0.430. The Morgan fingerprint density at radius 3 is 2.24 bits per heavy atom. The van der Waals surface area contributed by atoms with Gasteiger partial charge in [-0.05, 0) is 30.2 Å². The molecule has 128 valence electrons. The van der Waals surface area contributed by atoms with Crippen LogP contribution >= 0.6 is 0 Å². The van der Waals surface area contributed by atoms with Gasteiger partial charge >= 0.3 is 0 Å². The molecule has 6 nitrogen and oxygen atoms in total. The summed E-state index contributed by atoms with van der Waals surface area (Å²) in [5.74, 6) is 1.22. The van der Waals surface area contributed by atoms with Crippen LogP contribution in [-0.2, 0) is 0 Å². The van der Waals surface area contributed by atoms with E-state index in [1.165, 1.54) is 0 Å². The number of nitrogens with zero attached hydrogens (tertiary/aromatic N) is 4. The second-order valence-electron chi connectivity index (χ2n) is 5.98. The smallest absolute Gasteiger partial charge is 0.225 e. The van der Waals surface area contributed by atoms with Crippen molar-refractivity contribution in [1.82, 2.24) is 14.9 Å². The topological polar surface area (TPSA) is 80.0 Å². The van der Waals surface area contributed by atoms with E-state index in [2.05, 4.69) is 14.9 Å². The third kappa shape index (κ3) is 4.09. The molecule has 0 radical (unpaired) electrons. The molecule has 1 aromatic carbocycles. The molecule has 3 rings (SSSR count). The van der Waals surface area contributed by atoms with Crippen molar-refractivity contribution in [2.24, 2.45) is 0 Å². The zero-order chi connectivity index (χ0) is 17.6. The molecule has 2 heterocycles. The van der Waals surface area contributed by atoms with E-state index < -0.39 is 0 Å². The van der Waals surface area contributed by atoms with Gasteiger partial charge in [0.15, 0.2) is 0 Å². The van der Waals surface area contributed by atoms with Gasteiger partial charge in [-0.1, -0.05) is 30.3 Å². The lowest BCUT2D eigenvalue weighted by Gasteiger charge is -2.36. The number of allylic oxidation sites excluding steroid dienone is 1. The molecule has 0 aliphatic carbocycles. The maximum absolute atomic E-state index is 8.43. The van der Waals surface area contributed by atoms with Crippen LogP contribution in [0.3, 0.4) is 0 Å². The van der Waals surface area contributed by atoms with Gasteiger partial charge in [0.05, 0.1) is 5.71 Å². The van der Waals surface area contributed by atoms with Gasteiger partial charge in [-0.15, -0.1) is 0 Å². The fourth-order valence-electron chi connectivity index (χ4n) is 2.82. The quantitative estimate of drug-likeness (QED) is 0.665. The summed E-state index contributed by atoms with van der Waals surface area (Å²) >= 11 is 0. The molecule has 0 amide bonds. The number of aromatic nitrogens is 2. The Labute approximate surface area is 147 Å². The highest BCUT2D eigenvalue weighted by molar-refractivity contribution is 6.11. The summed E-state index contributed by atoms with van der Waals surface area (Å²) in [6.45, 7) is 4.97. The molecule has 0 bridgehead atoms. The van der Waals surface area contributed by atoms with Crippen LogP contribution in [0.15, 0.2) is 60.4 Å². The van der Waals surface area contributed by atoms with Gasteiger partial charge in [-0.25, -0.2) is 9.97 Å². The van der Waals surface area contributed by atoms with E-state index in [1.807, 2.05) is 48.2 Å². The van der Waals surface area contributed by atoms with Crippen LogP contribution in [0.25, 0.3) is 0 Å². The van der Waals surface area contributed by atoms with Gasteiger partial charge in [0.25, 0.3) is 0 Å². The minimum absolute atomic E-state index is 0.430. The first-order valence-electron chi connectivity index (χ1n) is 8.33. The predicted molar refractivity (Wildman–Crippen MR) is 101 cm³/mol. The zero-order valence-electron chi connectivity index (χ0n) is 14.3. The van der Waals surface area contributed by atoms with Crippen LogP contribution in [0.5, 0.6) is 0 Å². The highest BCUT2D eigenvalue weighted by Crippen LogP contribution is 2.13. The molecule has 0 atom stereocenters. The van der Waals surface area contributed by atoms with Gasteiger partial charge in [0.2, 0.25) is 5.95 Å². The summed E-state index contributed by atoms with van der Waals surface area (Å²) in [6, 6.07) is 11.4. The Kier molecular flexibility index (Phi) is 5.18. The minimum Gasteiger partial charge on any atom is -0.353 e. The summed E-state index contributed by atoms with van der Waals surface area (Å²) < 4.78 is 0. The van der Waals surface area contributed by atoms with Crippen molar-refractivity contribution in [3.8, 4) is 0 Å². The van der Waals surface area contributed by atoms with Crippen LogP contribution in [0, 0.1) is 10.8 Å². The second-order valence-corrected chi connectivity index (χ2v) is 5.98. The fourth-order valence-corrected chi connectivity index (χ4v) is 2.82. The van der Waals surface area contributed by atoms with Crippen LogP contribution < -0.4 is 4.90 Å². The van der Waals surface area contributed by atoms with Crippen LogP contribution in [-0.4, -0.2) is 52.6 Å². The molecule has 1 aromatic heterocycles. The van der Waals surface area contributed by atoms with Crippen molar-refractivity contribution in [3.63, 3.8) is 0 Å². The normalized spacial score (nSPS) is 15.2. The molecule has 1 aliphatic rings. The standard InChI is InChI=1S/C19H22N6/c1-15(14-17(20)16-6-3-2-4-7-16)18(21)24-10-12-25(13-11-24)19-22-8-5-9-23-19/h2-9,14,20-21H,10-13H2,1H3/b15-14-,20-17?,21-18?. The summed E-state index contributed by atoms with van der Waals surface area (Å²) in [5.41, 5.74) is 2.10. The van der Waals surface area contributed by atoms with Crippen molar-refractivity contribution >= 4 is 17.5 Å². The zero-order valence-corrected chi connectivity index (χ0v) is 14.3. The van der Waals surface area contributed by atoms with E-state index in [0.29, 0.717) is 11.5 Å². The Morgan fingerprint density at radius 2 is 1.60 bits per heavy atom. The molecule has 1 fully saturated rings. The molecule has 0 unspecified atom stereocenters. The number of hydrogen-bond donors (Lipinski definition) is 2. The Balaban J connectivity index is 1.60. The van der Waals surface area contributed by atoms with Gasteiger partial charge < -0.3 is 15.2 Å². The molecular formula is C19H22N6. The fraction of sp³-hybridized carbons (Fsp3) is 0.263. The third-order valence-corrected chi connectivity index (χ3v) is 4.25. The number of nitrogens with one attached hydrogen (secondary N) is 2. The van der Waals surface area contributed by atoms with Crippen LogP contribution in [0.4, 0.5) is 5.95 Å². The summed E-state index contributed by atoms with van der Waals surface area (Å²) in [4.78, 5) is 12.7. The van der Waals surface area contributed by atoms with Crippen molar-refractivity contribution in [1.29, 1.82) is 10.8 Å². The first-order chi connectivity index (χ1) is 12.1. The average Bonchev–Trinajstić information content (AvgIpc) is 2.69. The number of anilines is 1. The number of hydrogen-bond acceptors (Lipinski definition) is 5. The van der Waals surface area contributed by atoms with Crippen LogP contribution in [0.2, 0.25) is 0 Å². The molecule has 25 heavy (non-hydrogen) atoms. The van der Waals surface area contributed by atoms with E-state index in [-0.39, 0.29) is 0 Å². The van der Waals surface area contributed by atoms with E-state index in [9.17, 15) is 0 Å². The summed E-state index contributed by atoms with van der Waals surface area (Å²) in [7, 11) is 0. The summed E-state index contributed by atoms with van der Waals surface area (Å²) in [5, 5.41) is 16.6. The first-order valence-corrected chi connectivity index (χ1v) is 8.33. The van der Waals surface area contributed by atoms with Gasteiger partial charge in [0, 0.05) is 38.6 Å². The molecule has 1 aliphatic heterocycles. The molecule has 2 N–H and O–H groups in total. The molecule has 2 aromatic rings. The predicted octanol–water partition coefficient (Wildman–Crippen LogP) is 2.59.